The molecule has 0 bridgehead atoms. The van der Waals surface area contributed by atoms with Crippen LogP contribution in [0.1, 0.15) is 22.7 Å². The first kappa shape index (κ1) is 15.0. The van der Waals surface area contributed by atoms with Gasteiger partial charge in [-0.2, -0.15) is 0 Å². The molecule has 1 atom stereocenters. The van der Waals surface area contributed by atoms with Crippen molar-refractivity contribution in [3.63, 3.8) is 0 Å². The normalized spacial score (nSPS) is 15.4. The Hall–Kier alpha value is -1.35. The first-order chi connectivity index (χ1) is 9.36. The average Bonchev–Trinajstić information content (AvgIpc) is 2.88. The Balaban J connectivity index is 0.00000147. The second kappa shape index (κ2) is 6.89. The van der Waals surface area contributed by atoms with Gasteiger partial charge < -0.3 is 5.32 Å². The summed E-state index contributed by atoms with van der Waals surface area (Å²) in [7, 11) is 2.04. The van der Waals surface area contributed by atoms with E-state index in [1.165, 1.54) is 16.7 Å². The Kier molecular flexibility index (Phi) is 5.18. The van der Waals surface area contributed by atoms with Gasteiger partial charge in [0.1, 0.15) is 0 Å². The lowest BCUT2D eigenvalue weighted by Crippen LogP contribution is -2.30. The molecule has 0 fully saturated rings. The quantitative estimate of drug-likeness (QED) is 0.928. The van der Waals surface area contributed by atoms with Crippen LogP contribution in [0.2, 0.25) is 0 Å². The summed E-state index contributed by atoms with van der Waals surface area (Å²) in [6.45, 7) is 3.19. The number of nitrogens with one attached hydrogen (secondary N) is 1. The number of benzene rings is 2. The summed E-state index contributed by atoms with van der Waals surface area (Å²) in [6.07, 6.45) is 0. The van der Waals surface area contributed by atoms with E-state index >= 15 is 0 Å². The Labute approximate surface area is 127 Å². The van der Waals surface area contributed by atoms with Crippen LogP contribution in [0.25, 0.3) is 0 Å². The van der Waals surface area contributed by atoms with E-state index in [1.54, 1.807) is 0 Å². The highest BCUT2D eigenvalue weighted by Crippen LogP contribution is 2.24. The average molecular weight is 289 g/mol. The van der Waals surface area contributed by atoms with Crippen molar-refractivity contribution in [3.05, 3.63) is 71.3 Å². The second-order valence-corrected chi connectivity index (χ2v) is 5.19. The third kappa shape index (κ3) is 3.21. The Morgan fingerprint density at radius 2 is 1.50 bits per heavy atom. The van der Waals surface area contributed by atoms with Gasteiger partial charge in [-0.25, -0.2) is 0 Å². The van der Waals surface area contributed by atoms with Gasteiger partial charge in [-0.1, -0.05) is 54.6 Å². The Bertz CT molecular complexity index is 517. The van der Waals surface area contributed by atoms with Crippen LogP contribution in [0.5, 0.6) is 0 Å². The van der Waals surface area contributed by atoms with Crippen LogP contribution in [0.3, 0.4) is 0 Å². The molecular weight excluding hydrogens is 268 g/mol. The number of halogens is 1. The Morgan fingerprint density at radius 3 is 2.05 bits per heavy atom. The summed E-state index contributed by atoms with van der Waals surface area (Å²) in [5.41, 5.74) is 4.32. The molecule has 0 aromatic heterocycles. The van der Waals surface area contributed by atoms with Gasteiger partial charge in [0.05, 0.1) is 0 Å². The predicted octanol–water partition coefficient (Wildman–Crippen LogP) is 3.38. The summed E-state index contributed by atoms with van der Waals surface area (Å²) in [4.78, 5) is 2.51. The van der Waals surface area contributed by atoms with Crippen LogP contribution in [0.4, 0.5) is 0 Å². The van der Waals surface area contributed by atoms with Gasteiger partial charge in [-0.3, -0.25) is 4.90 Å². The lowest BCUT2D eigenvalue weighted by atomic mass is 10.1. The topological polar surface area (TPSA) is 15.3 Å². The molecule has 3 heteroatoms. The van der Waals surface area contributed by atoms with Gasteiger partial charge in [0, 0.05) is 25.7 Å². The van der Waals surface area contributed by atoms with E-state index in [1.807, 2.05) is 7.05 Å². The van der Waals surface area contributed by atoms with Gasteiger partial charge >= 0.3 is 0 Å². The molecule has 3 rings (SSSR count). The maximum atomic E-state index is 3.43. The molecule has 0 saturated carbocycles. The zero-order chi connectivity index (χ0) is 13.1. The van der Waals surface area contributed by atoms with Crippen molar-refractivity contribution in [2.24, 2.45) is 0 Å². The third-order valence-electron chi connectivity index (χ3n) is 3.90. The molecule has 1 N–H and O–H groups in total. The number of hydrogen-bond donors (Lipinski definition) is 1. The zero-order valence-corrected chi connectivity index (χ0v) is 12.6. The van der Waals surface area contributed by atoms with Crippen molar-refractivity contribution in [3.8, 4) is 0 Å². The third-order valence-corrected chi connectivity index (χ3v) is 3.90. The molecule has 2 aromatic carbocycles. The minimum absolute atomic E-state index is 0. The number of rotatable bonds is 4. The molecule has 2 nitrogen and oxygen atoms in total. The second-order valence-electron chi connectivity index (χ2n) is 5.19. The van der Waals surface area contributed by atoms with Crippen molar-refractivity contribution >= 4 is 12.4 Å². The van der Waals surface area contributed by atoms with Crippen LogP contribution >= 0.6 is 12.4 Å². The minimum atomic E-state index is 0. The number of hydrogen-bond acceptors (Lipinski definition) is 2. The van der Waals surface area contributed by atoms with Crippen molar-refractivity contribution in [1.29, 1.82) is 0 Å². The maximum absolute atomic E-state index is 3.43. The molecule has 0 amide bonds. The summed E-state index contributed by atoms with van der Waals surface area (Å²) < 4.78 is 0. The summed E-state index contributed by atoms with van der Waals surface area (Å²) in [5.74, 6) is 0. The van der Waals surface area contributed by atoms with Crippen LogP contribution in [0, 0.1) is 0 Å². The lowest BCUT2D eigenvalue weighted by Gasteiger charge is -2.23. The summed E-state index contributed by atoms with van der Waals surface area (Å²) in [6, 6.07) is 19.8. The molecule has 1 heterocycles. The molecular formula is C17H21ClN2. The molecule has 1 aliphatic rings. The van der Waals surface area contributed by atoms with E-state index in [2.05, 4.69) is 64.8 Å². The van der Waals surface area contributed by atoms with Gasteiger partial charge in [-0.15, -0.1) is 12.4 Å². The van der Waals surface area contributed by atoms with E-state index < -0.39 is 0 Å². The SMILES string of the molecule is CNC(CN1Cc2ccccc2C1)c1ccccc1.Cl. The zero-order valence-electron chi connectivity index (χ0n) is 11.8. The fourth-order valence-electron chi connectivity index (χ4n) is 2.84. The molecule has 1 aliphatic heterocycles. The number of nitrogens with zero attached hydrogens (tertiary/aromatic N) is 1. The lowest BCUT2D eigenvalue weighted by molar-refractivity contribution is 0.253. The molecule has 0 radical (unpaired) electrons. The predicted molar refractivity (Wildman–Crippen MR) is 86.0 cm³/mol. The minimum Gasteiger partial charge on any atom is -0.312 e. The van der Waals surface area contributed by atoms with Crippen molar-refractivity contribution in [2.75, 3.05) is 13.6 Å². The molecule has 20 heavy (non-hydrogen) atoms. The molecule has 0 spiro atoms. The maximum Gasteiger partial charge on any atom is 0.0447 e. The summed E-state index contributed by atoms with van der Waals surface area (Å²) >= 11 is 0. The van der Waals surface area contributed by atoms with E-state index in [0.29, 0.717) is 6.04 Å². The van der Waals surface area contributed by atoms with Crippen LogP contribution in [-0.2, 0) is 13.1 Å². The van der Waals surface area contributed by atoms with Gasteiger partial charge in [0.15, 0.2) is 0 Å². The largest absolute Gasteiger partial charge is 0.312 e. The standard InChI is InChI=1S/C17H20N2.ClH/c1-18-17(14-7-3-2-4-8-14)13-19-11-15-9-5-6-10-16(15)12-19;/h2-10,17-18H,11-13H2,1H3;1H. The number of likely N-dealkylation sites (N-methyl/N-ethyl adjacent to an activating group) is 1. The highest BCUT2D eigenvalue weighted by Gasteiger charge is 2.21. The first-order valence-corrected chi connectivity index (χ1v) is 6.88. The van der Waals surface area contributed by atoms with Gasteiger partial charge in [-0.05, 0) is 23.7 Å². The fraction of sp³-hybridized carbons (Fsp3) is 0.294. The van der Waals surface area contributed by atoms with Crippen LogP contribution in [-0.4, -0.2) is 18.5 Å². The highest BCUT2D eigenvalue weighted by molar-refractivity contribution is 5.85. The van der Waals surface area contributed by atoms with Gasteiger partial charge in [0.2, 0.25) is 0 Å². The molecule has 2 aromatic rings. The molecule has 0 saturated heterocycles. The monoisotopic (exact) mass is 288 g/mol. The van der Waals surface area contributed by atoms with E-state index in [0.717, 1.165) is 19.6 Å². The van der Waals surface area contributed by atoms with Crippen molar-refractivity contribution in [2.45, 2.75) is 19.1 Å². The number of fused-ring (bicyclic) bond motifs is 1. The first-order valence-electron chi connectivity index (χ1n) is 6.88. The van der Waals surface area contributed by atoms with Crippen molar-refractivity contribution < 1.29 is 0 Å². The van der Waals surface area contributed by atoms with E-state index in [-0.39, 0.29) is 12.4 Å². The summed E-state index contributed by atoms with van der Waals surface area (Å²) in [5, 5.41) is 3.43. The molecule has 106 valence electrons. The molecule has 1 unspecified atom stereocenters. The van der Waals surface area contributed by atoms with Crippen LogP contribution in [0.15, 0.2) is 54.6 Å². The smallest absolute Gasteiger partial charge is 0.0447 e. The van der Waals surface area contributed by atoms with E-state index in [4.69, 9.17) is 0 Å². The van der Waals surface area contributed by atoms with Gasteiger partial charge in [0.25, 0.3) is 0 Å². The van der Waals surface area contributed by atoms with E-state index in [9.17, 15) is 0 Å². The fourth-order valence-corrected chi connectivity index (χ4v) is 2.84. The van der Waals surface area contributed by atoms with Crippen LogP contribution < -0.4 is 5.32 Å². The molecule has 0 aliphatic carbocycles. The Morgan fingerprint density at radius 1 is 0.950 bits per heavy atom. The highest BCUT2D eigenvalue weighted by atomic mass is 35.5. The van der Waals surface area contributed by atoms with Crippen molar-refractivity contribution in [1.82, 2.24) is 10.2 Å².